The number of carbonyl (C=O) groups is 2. The summed E-state index contributed by atoms with van der Waals surface area (Å²) in [6.45, 7) is 5.41. The largest absolute Gasteiger partial charge is 0.480 e. The minimum Gasteiger partial charge on any atom is -0.480 e. The van der Waals surface area contributed by atoms with Crippen molar-refractivity contribution in [3.63, 3.8) is 0 Å². The molecule has 1 aliphatic heterocycles. The minimum atomic E-state index is -2.91. The maximum Gasteiger partial charge on any atom is 0.329 e. The molecular formula is C42H45ClF2N8O4. The average molecular weight is 799 g/mol. The fourth-order valence-electron chi connectivity index (χ4n) is 8.17. The molecule has 15 heteroatoms. The number of alkyl halides is 2. The molecule has 0 unspecified atom stereocenters. The third kappa shape index (κ3) is 8.06. The number of nitrogens with one attached hydrogen (secondary N) is 2. The fraction of sp³-hybridized carbons (Fsp3) is 0.381. The van der Waals surface area contributed by atoms with Crippen LogP contribution in [0.25, 0.3) is 33.4 Å². The summed E-state index contributed by atoms with van der Waals surface area (Å²) in [5.41, 5.74) is 5.08. The molecule has 1 amide bonds. The summed E-state index contributed by atoms with van der Waals surface area (Å²) in [5, 5.41) is 16.9. The van der Waals surface area contributed by atoms with E-state index in [1.807, 2.05) is 55.5 Å². The lowest BCUT2D eigenvalue weighted by Gasteiger charge is -2.42. The molecule has 12 nitrogen and oxygen atoms in total. The summed E-state index contributed by atoms with van der Waals surface area (Å²) in [7, 11) is 3.29. The highest BCUT2D eigenvalue weighted by Gasteiger charge is 2.44. The van der Waals surface area contributed by atoms with Crippen molar-refractivity contribution in [2.75, 3.05) is 37.5 Å². The van der Waals surface area contributed by atoms with Crippen LogP contribution < -0.4 is 20.3 Å². The number of nitrogens with zero attached hydrogens (tertiary/aromatic N) is 6. The summed E-state index contributed by atoms with van der Waals surface area (Å²) >= 11 is 7.16. The van der Waals surface area contributed by atoms with Crippen LogP contribution in [-0.4, -0.2) is 80.6 Å². The Hall–Kier alpha value is -5.47. The van der Waals surface area contributed by atoms with Gasteiger partial charge in [0.15, 0.2) is 11.6 Å². The number of fused-ring (bicyclic) bond motifs is 1. The van der Waals surface area contributed by atoms with Crippen molar-refractivity contribution < 1.29 is 28.2 Å². The van der Waals surface area contributed by atoms with Crippen LogP contribution in [-0.2, 0) is 16.1 Å². The quantitative estimate of drug-likeness (QED) is 0.112. The van der Waals surface area contributed by atoms with Crippen molar-refractivity contribution in [1.82, 2.24) is 30.2 Å². The number of likely N-dealkylation sites (N-methyl/N-ethyl adjacent to an activating group) is 1. The Morgan fingerprint density at radius 1 is 1.05 bits per heavy atom. The number of rotatable bonds is 12. The summed E-state index contributed by atoms with van der Waals surface area (Å²) in [6, 6.07) is 16.7. The number of aliphatic carboxylic acids is 1. The number of carbonyl (C=O) groups excluding carboxylic acids is 1. The van der Waals surface area contributed by atoms with Crippen molar-refractivity contribution in [2.45, 2.75) is 76.9 Å². The zero-order chi connectivity index (χ0) is 40.4. The van der Waals surface area contributed by atoms with Crippen LogP contribution in [0.1, 0.15) is 68.8 Å². The van der Waals surface area contributed by atoms with Crippen molar-refractivity contribution in [2.24, 2.45) is 0 Å². The molecule has 4 heterocycles. The van der Waals surface area contributed by atoms with Crippen molar-refractivity contribution >= 4 is 51.7 Å². The van der Waals surface area contributed by atoms with Crippen LogP contribution in [0.15, 0.2) is 60.8 Å². The van der Waals surface area contributed by atoms with Crippen molar-refractivity contribution in [1.29, 1.82) is 0 Å². The molecule has 3 aromatic heterocycles. The molecule has 1 saturated heterocycles. The molecule has 7 rings (SSSR count). The van der Waals surface area contributed by atoms with Gasteiger partial charge in [0.2, 0.25) is 11.8 Å². The summed E-state index contributed by atoms with van der Waals surface area (Å²) in [4.78, 5) is 45.8. The number of benzene rings is 2. The Balaban J connectivity index is 1.18. The van der Waals surface area contributed by atoms with Crippen LogP contribution >= 0.6 is 11.6 Å². The van der Waals surface area contributed by atoms with Gasteiger partial charge in [-0.25, -0.2) is 28.5 Å². The first-order valence-electron chi connectivity index (χ1n) is 19.0. The number of anilines is 3. The number of pyridine rings is 2. The summed E-state index contributed by atoms with van der Waals surface area (Å²) in [5.74, 6) is -1.11. The third-order valence-corrected chi connectivity index (χ3v) is 11.6. The Kier molecular flexibility index (Phi) is 11.5. The number of amides is 1. The Morgan fingerprint density at radius 3 is 2.51 bits per heavy atom. The highest BCUT2D eigenvalue weighted by molar-refractivity contribution is 6.36. The second-order valence-corrected chi connectivity index (χ2v) is 15.2. The molecule has 2 fully saturated rings. The lowest BCUT2D eigenvalue weighted by Crippen LogP contribution is -2.54. The normalized spacial score (nSPS) is 16.8. The van der Waals surface area contributed by atoms with Gasteiger partial charge in [-0.1, -0.05) is 61.2 Å². The monoisotopic (exact) mass is 798 g/mol. The smallest absolute Gasteiger partial charge is 0.329 e. The molecule has 2 aliphatic rings. The molecular weight excluding hydrogens is 754 g/mol. The maximum absolute atomic E-state index is 14.1. The van der Waals surface area contributed by atoms with Crippen LogP contribution in [0.3, 0.4) is 0 Å². The number of methoxy groups -OCH3 is 1. The number of ether oxygens (including phenoxy) is 1. The van der Waals surface area contributed by atoms with Crippen molar-refractivity contribution in [3.05, 3.63) is 82.8 Å². The molecule has 0 bridgehead atoms. The Labute approximate surface area is 334 Å². The van der Waals surface area contributed by atoms with Gasteiger partial charge in [0.1, 0.15) is 16.7 Å². The number of carboxylic acid groups (broad SMARTS) is 1. The van der Waals surface area contributed by atoms with Gasteiger partial charge in [0.25, 0.3) is 6.43 Å². The molecule has 0 spiro atoms. The molecule has 57 heavy (non-hydrogen) atoms. The summed E-state index contributed by atoms with van der Waals surface area (Å²) < 4.78 is 34.0. The highest BCUT2D eigenvalue weighted by atomic mass is 35.5. The van der Waals surface area contributed by atoms with E-state index in [9.17, 15) is 23.5 Å². The number of hydrogen-bond acceptors (Lipinski definition) is 10. The van der Waals surface area contributed by atoms with E-state index in [2.05, 4.69) is 30.5 Å². The van der Waals surface area contributed by atoms with Gasteiger partial charge in [0.05, 0.1) is 23.3 Å². The second kappa shape index (κ2) is 16.6. The molecule has 298 valence electrons. The van der Waals surface area contributed by atoms with Gasteiger partial charge < -0.3 is 25.4 Å². The van der Waals surface area contributed by atoms with E-state index >= 15 is 0 Å². The van der Waals surface area contributed by atoms with Crippen LogP contribution in [0.2, 0.25) is 5.02 Å². The number of carboxylic acids is 1. The second-order valence-electron chi connectivity index (χ2n) is 14.8. The molecule has 5 aromatic rings. The predicted molar refractivity (Wildman–Crippen MR) is 216 cm³/mol. The van der Waals surface area contributed by atoms with Gasteiger partial charge in [0, 0.05) is 62.7 Å². The fourth-order valence-corrected chi connectivity index (χ4v) is 8.49. The first kappa shape index (κ1) is 39.8. The Bertz CT molecular complexity index is 2320. The Morgan fingerprint density at radius 2 is 1.79 bits per heavy atom. The van der Waals surface area contributed by atoms with E-state index in [0.717, 1.165) is 54.5 Å². The molecule has 1 aliphatic carbocycles. The molecule has 1 saturated carbocycles. The zero-order valence-corrected chi connectivity index (χ0v) is 33.0. The van der Waals surface area contributed by atoms with E-state index in [4.69, 9.17) is 21.3 Å². The average Bonchev–Trinajstić information content (AvgIpc) is 3.63. The minimum absolute atomic E-state index is 0.0654. The third-order valence-electron chi connectivity index (χ3n) is 11.2. The van der Waals surface area contributed by atoms with Crippen LogP contribution in [0.4, 0.5) is 26.0 Å². The van der Waals surface area contributed by atoms with E-state index in [-0.39, 0.29) is 23.6 Å². The number of halogens is 3. The first-order chi connectivity index (χ1) is 27.4. The van der Waals surface area contributed by atoms with Gasteiger partial charge in [-0.3, -0.25) is 14.7 Å². The van der Waals surface area contributed by atoms with Gasteiger partial charge in [-0.2, -0.15) is 0 Å². The molecule has 2 aromatic carbocycles. The summed E-state index contributed by atoms with van der Waals surface area (Å²) in [6.07, 6.45) is 3.35. The first-order valence-corrected chi connectivity index (χ1v) is 19.4. The maximum atomic E-state index is 14.1. The topological polar surface area (TPSA) is 146 Å². The number of aromatic nitrogens is 4. The lowest BCUT2D eigenvalue weighted by molar-refractivity contribution is -0.144. The lowest BCUT2D eigenvalue weighted by atomic mass is 9.80. The number of hydrogen-bond donors (Lipinski definition) is 3. The van der Waals surface area contributed by atoms with Crippen LogP contribution in [0.5, 0.6) is 5.88 Å². The van der Waals surface area contributed by atoms with Gasteiger partial charge in [-0.15, -0.1) is 0 Å². The molecule has 3 N–H and O–H groups in total. The van der Waals surface area contributed by atoms with Crippen molar-refractivity contribution in [3.8, 4) is 28.3 Å². The highest BCUT2D eigenvalue weighted by Crippen LogP contribution is 2.43. The SMILES string of the molecule is COc1nc(-c2cccc(-c3cccc(Nc4nc(C(F)F)nc5cc(CN6CC[C@@H](NC(C)=O)C6)cnc45)c3C)c2Cl)ccc1N(C)C1(C(=O)O)CCCCC1. The van der Waals surface area contributed by atoms with E-state index < -0.39 is 23.8 Å². The predicted octanol–water partition coefficient (Wildman–Crippen LogP) is 8.34. The van der Waals surface area contributed by atoms with E-state index in [1.165, 1.54) is 14.0 Å². The van der Waals surface area contributed by atoms with Gasteiger partial charge in [-0.05, 0) is 67.1 Å². The zero-order valence-electron chi connectivity index (χ0n) is 32.3. The van der Waals surface area contributed by atoms with E-state index in [0.29, 0.717) is 64.6 Å². The van der Waals surface area contributed by atoms with Crippen LogP contribution in [0, 0.1) is 6.92 Å². The van der Waals surface area contributed by atoms with E-state index in [1.54, 1.807) is 24.2 Å². The molecule has 0 radical (unpaired) electrons. The molecule has 1 atom stereocenters. The van der Waals surface area contributed by atoms with Gasteiger partial charge >= 0.3 is 5.97 Å². The standard InChI is InChI=1S/C42H45ClF2N8O4/c1-24-28(29-11-8-12-30(35(29)43)32-14-15-34(40(50-32)57-4)52(3)42(41(55)56)17-6-5-7-18-42)10-9-13-31(24)48-38-36-33(49-39(51-38)37(44)45)20-26(21-46-36)22-53-19-16-27(23-53)47-25(2)54/h8-15,20-21,27,37H,5-7,16-19,22-23H2,1-4H3,(H,47,54)(H,55,56)(H,48,49,51)/t27-/m1/s1. The number of likely N-dealkylation sites (tertiary alicyclic amines) is 1.